The van der Waals surface area contributed by atoms with Gasteiger partial charge in [-0.2, -0.15) is 0 Å². The van der Waals surface area contributed by atoms with Crippen LogP contribution in [0.5, 0.6) is 11.5 Å². The van der Waals surface area contributed by atoms with Gasteiger partial charge in [-0.15, -0.1) is 0 Å². The van der Waals surface area contributed by atoms with Crippen LogP contribution in [-0.4, -0.2) is 37.1 Å². The lowest BCUT2D eigenvalue weighted by Crippen LogP contribution is -2.25. The Bertz CT molecular complexity index is 519. The molecule has 0 amide bonds. The summed E-state index contributed by atoms with van der Waals surface area (Å²) in [6.45, 7) is 11.7. The van der Waals surface area contributed by atoms with Gasteiger partial charge in [0, 0.05) is 19.0 Å². The Labute approximate surface area is 133 Å². The van der Waals surface area contributed by atoms with Crippen molar-refractivity contribution in [1.82, 2.24) is 4.90 Å². The number of esters is 1. The van der Waals surface area contributed by atoms with Gasteiger partial charge in [0.15, 0.2) is 0 Å². The van der Waals surface area contributed by atoms with Crippen molar-refractivity contribution in [1.29, 1.82) is 0 Å². The van der Waals surface area contributed by atoms with Gasteiger partial charge in [-0.25, -0.2) is 0 Å². The lowest BCUT2D eigenvalue weighted by Gasteiger charge is -2.19. The number of carbonyl (C=O) groups excluding carboxylic acids is 1. The molecule has 22 heavy (non-hydrogen) atoms. The lowest BCUT2D eigenvalue weighted by atomic mass is 10.00. The summed E-state index contributed by atoms with van der Waals surface area (Å²) in [6.07, 6.45) is 2.60. The lowest BCUT2D eigenvalue weighted by molar-refractivity contribution is -0.131. The van der Waals surface area contributed by atoms with Gasteiger partial charge in [-0.05, 0) is 56.5 Å². The highest BCUT2D eigenvalue weighted by molar-refractivity contribution is 5.70. The fourth-order valence-corrected chi connectivity index (χ4v) is 2.81. The minimum Gasteiger partial charge on any atom is -0.492 e. The average molecular weight is 305 g/mol. The Balaban J connectivity index is 2.07. The van der Waals surface area contributed by atoms with Gasteiger partial charge in [-0.1, -0.05) is 13.8 Å². The molecule has 1 heterocycles. The molecule has 1 aromatic rings. The molecule has 0 saturated carbocycles. The van der Waals surface area contributed by atoms with Crippen molar-refractivity contribution in [2.24, 2.45) is 0 Å². The fourth-order valence-electron chi connectivity index (χ4n) is 2.81. The van der Waals surface area contributed by atoms with E-state index < -0.39 is 0 Å². The Morgan fingerprint density at radius 2 is 1.91 bits per heavy atom. The molecule has 1 aliphatic heterocycles. The van der Waals surface area contributed by atoms with Crippen LogP contribution in [0.3, 0.4) is 0 Å². The Morgan fingerprint density at radius 1 is 1.23 bits per heavy atom. The molecule has 0 unspecified atom stereocenters. The first-order chi connectivity index (χ1) is 10.5. The second kappa shape index (κ2) is 7.63. The predicted octanol–water partition coefficient (Wildman–Crippen LogP) is 3.52. The summed E-state index contributed by atoms with van der Waals surface area (Å²) in [5.74, 6) is 1.56. The normalized spacial score (nSPS) is 15.3. The minimum absolute atomic E-state index is 0.291. The number of nitrogens with zero attached hydrogens (tertiary/aromatic N) is 1. The van der Waals surface area contributed by atoms with E-state index in [1.165, 1.54) is 32.9 Å². The van der Waals surface area contributed by atoms with Gasteiger partial charge in [0.05, 0.1) is 0 Å². The van der Waals surface area contributed by atoms with Crippen molar-refractivity contribution < 1.29 is 14.3 Å². The van der Waals surface area contributed by atoms with Gasteiger partial charge in [-0.3, -0.25) is 9.69 Å². The zero-order valence-electron chi connectivity index (χ0n) is 14.1. The Kier molecular flexibility index (Phi) is 5.83. The van der Waals surface area contributed by atoms with Gasteiger partial charge in [0.25, 0.3) is 0 Å². The maximum Gasteiger partial charge on any atom is 0.308 e. The Hall–Kier alpha value is -1.55. The number of ether oxygens (including phenoxy) is 2. The van der Waals surface area contributed by atoms with Crippen LogP contribution in [0.4, 0.5) is 0 Å². The molecule has 1 aliphatic rings. The SMILES string of the molecule is CC(=O)Oc1cc(C(C)C)c(OCCN2CCCC2)cc1C. The molecule has 0 atom stereocenters. The van der Waals surface area contributed by atoms with E-state index in [2.05, 4.69) is 18.7 Å². The monoisotopic (exact) mass is 305 g/mol. The number of hydrogen-bond acceptors (Lipinski definition) is 4. The van der Waals surface area contributed by atoms with Gasteiger partial charge < -0.3 is 9.47 Å². The van der Waals surface area contributed by atoms with E-state index in [0.29, 0.717) is 18.3 Å². The van der Waals surface area contributed by atoms with Crippen molar-refractivity contribution in [3.63, 3.8) is 0 Å². The van der Waals surface area contributed by atoms with Crippen LogP contribution in [0.25, 0.3) is 0 Å². The standard InChI is InChI=1S/C18H27NO3/c1-13(2)16-12-17(22-15(4)20)14(3)11-18(16)21-10-9-19-7-5-6-8-19/h11-13H,5-10H2,1-4H3. The first-order valence-corrected chi connectivity index (χ1v) is 8.15. The van der Waals surface area contributed by atoms with Crippen molar-refractivity contribution in [3.05, 3.63) is 23.3 Å². The first-order valence-electron chi connectivity index (χ1n) is 8.15. The molecular weight excluding hydrogens is 278 g/mol. The van der Waals surface area contributed by atoms with Gasteiger partial charge >= 0.3 is 5.97 Å². The third-order valence-corrected chi connectivity index (χ3v) is 4.05. The van der Waals surface area contributed by atoms with Crippen LogP contribution in [-0.2, 0) is 4.79 Å². The highest BCUT2D eigenvalue weighted by Crippen LogP contribution is 2.33. The molecule has 0 N–H and O–H groups in total. The molecule has 4 heteroatoms. The third kappa shape index (κ3) is 4.47. The van der Waals surface area contributed by atoms with Crippen LogP contribution < -0.4 is 9.47 Å². The molecule has 0 aliphatic carbocycles. The highest BCUT2D eigenvalue weighted by Gasteiger charge is 2.15. The van der Waals surface area contributed by atoms with E-state index in [0.717, 1.165) is 23.4 Å². The fraction of sp³-hybridized carbons (Fsp3) is 0.611. The van der Waals surface area contributed by atoms with Crippen molar-refractivity contribution >= 4 is 5.97 Å². The largest absolute Gasteiger partial charge is 0.492 e. The van der Waals surface area contributed by atoms with E-state index in [1.54, 1.807) is 0 Å². The topological polar surface area (TPSA) is 38.8 Å². The number of carbonyl (C=O) groups is 1. The molecule has 1 saturated heterocycles. The quantitative estimate of drug-likeness (QED) is 0.595. The summed E-state index contributed by atoms with van der Waals surface area (Å²) < 4.78 is 11.3. The molecule has 1 aromatic carbocycles. The molecule has 0 aromatic heterocycles. The van der Waals surface area contributed by atoms with E-state index in [4.69, 9.17) is 9.47 Å². The molecule has 0 bridgehead atoms. The number of rotatable bonds is 6. The number of likely N-dealkylation sites (tertiary alicyclic amines) is 1. The predicted molar refractivity (Wildman–Crippen MR) is 87.7 cm³/mol. The average Bonchev–Trinajstić information content (AvgIpc) is 2.94. The minimum atomic E-state index is -0.291. The summed E-state index contributed by atoms with van der Waals surface area (Å²) >= 11 is 0. The molecule has 2 rings (SSSR count). The van der Waals surface area contributed by atoms with Crippen molar-refractivity contribution in [2.75, 3.05) is 26.2 Å². The summed E-state index contributed by atoms with van der Waals surface area (Å²) in [4.78, 5) is 13.6. The molecular formula is C18H27NO3. The van der Waals surface area contributed by atoms with Gasteiger partial charge in [0.1, 0.15) is 18.1 Å². The van der Waals surface area contributed by atoms with E-state index in [-0.39, 0.29) is 5.97 Å². The maximum atomic E-state index is 11.2. The number of hydrogen-bond donors (Lipinski definition) is 0. The van der Waals surface area contributed by atoms with Crippen LogP contribution in [0.1, 0.15) is 50.7 Å². The zero-order valence-corrected chi connectivity index (χ0v) is 14.1. The van der Waals surface area contributed by atoms with E-state index >= 15 is 0 Å². The molecule has 0 radical (unpaired) electrons. The second-order valence-electron chi connectivity index (χ2n) is 6.30. The number of aryl methyl sites for hydroxylation is 1. The van der Waals surface area contributed by atoms with Crippen LogP contribution in [0, 0.1) is 6.92 Å². The number of benzene rings is 1. The molecule has 4 nitrogen and oxygen atoms in total. The van der Waals surface area contributed by atoms with Gasteiger partial charge in [0.2, 0.25) is 0 Å². The van der Waals surface area contributed by atoms with Crippen LogP contribution >= 0.6 is 0 Å². The van der Waals surface area contributed by atoms with Crippen LogP contribution in [0.15, 0.2) is 12.1 Å². The smallest absolute Gasteiger partial charge is 0.308 e. The summed E-state index contributed by atoms with van der Waals surface area (Å²) in [7, 11) is 0. The van der Waals surface area contributed by atoms with E-state index in [1.807, 2.05) is 19.1 Å². The molecule has 122 valence electrons. The Morgan fingerprint density at radius 3 is 2.50 bits per heavy atom. The molecule has 0 spiro atoms. The van der Waals surface area contributed by atoms with Crippen molar-refractivity contribution in [3.8, 4) is 11.5 Å². The van der Waals surface area contributed by atoms with Crippen molar-refractivity contribution in [2.45, 2.75) is 46.5 Å². The summed E-state index contributed by atoms with van der Waals surface area (Å²) in [5.41, 5.74) is 2.01. The maximum absolute atomic E-state index is 11.2. The summed E-state index contributed by atoms with van der Waals surface area (Å²) in [6, 6.07) is 3.92. The highest BCUT2D eigenvalue weighted by atomic mass is 16.5. The first kappa shape index (κ1) is 16.8. The second-order valence-corrected chi connectivity index (χ2v) is 6.30. The van der Waals surface area contributed by atoms with E-state index in [9.17, 15) is 4.79 Å². The summed E-state index contributed by atoms with van der Waals surface area (Å²) in [5, 5.41) is 0. The molecule has 1 fully saturated rings. The zero-order chi connectivity index (χ0) is 16.1. The third-order valence-electron chi connectivity index (χ3n) is 4.05. The van der Waals surface area contributed by atoms with Crippen LogP contribution in [0.2, 0.25) is 0 Å².